The maximum absolute atomic E-state index is 4.38. The van der Waals surface area contributed by atoms with Crippen molar-refractivity contribution in [2.24, 2.45) is 0 Å². The van der Waals surface area contributed by atoms with Crippen molar-refractivity contribution in [3.8, 4) is 0 Å². The van der Waals surface area contributed by atoms with Crippen molar-refractivity contribution in [2.75, 3.05) is 17.7 Å². The molecule has 0 atom stereocenters. The van der Waals surface area contributed by atoms with Crippen molar-refractivity contribution in [3.05, 3.63) is 36.7 Å². The molecule has 2 aromatic heterocycles. The molecule has 6 nitrogen and oxygen atoms in total. The highest BCUT2D eigenvalue weighted by Gasteiger charge is 2.08. The predicted molar refractivity (Wildman–Crippen MR) is 71.0 cm³/mol. The Morgan fingerprint density at radius 3 is 2.72 bits per heavy atom. The predicted octanol–water partition coefficient (Wildman–Crippen LogP) is 2.14. The van der Waals surface area contributed by atoms with E-state index >= 15 is 0 Å². The second kappa shape index (κ2) is 4.33. The number of benzene rings is 1. The molecular weight excluding hydrogens is 228 g/mol. The van der Waals surface area contributed by atoms with E-state index in [4.69, 9.17) is 0 Å². The zero-order valence-corrected chi connectivity index (χ0v) is 9.81. The molecule has 90 valence electrons. The minimum atomic E-state index is 0.519. The molecule has 1 aromatic carbocycles. The van der Waals surface area contributed by atoms with Crippen molar-refractivity contribution < 1.29 is 0 Å². The fourth-order valence-electron chi connectivity index (χ4n) is 1.72. The van der Waals surface area contributed by atoms with Crippen molar-refractivity contribution >= 4 is 28.6 Å². The summed E-state index contributed by atoms with van der Waals surface area (Å²) in [7, 11) is 1.81. The van der Waals surface area contributed by atoms with E-state index in [0.29, 0.717) is 11.6 Å². The molecule has 0 saturated carbocycles. The van der Waals surface area contributed by atoms with Crippen molar-refractivity contribution in [1.29, 1.82) is 0 Å². The Balaban J connectivity index is 2.02. The van der Waals surface area contributed by atoms with Gasteiger partial charge in [-0.2, -0.15) is 9.97 Å². The van der Waals surface area contributed by atoms with Crippen LogP contribution in [0.25, 0.3) is 11.2 Å². The zero-order chi connectivity index (χ0) is 12.4. The standard InChI is InChI=1S/C12H12N6/c1-13-10-9-11(15-7-14-9)18-12(17-10)16-8-5-3-2-4-6-8/h2-7H,1H3,(H3,13,14,15,16,17,18). The van der Waals surface area contributed by atoms with Crippen LogP contribution in [0.3, 0.4) is 0 Å². The molecule has 0 aliphatic rings. The van der Waals surface area contributed by atoms with Crippen molar-refractivity contribution in [1.82, 2.24) is 19.9 Å². The van der Waals surface area contributed by atoms with Crippen LogP contribution >= 0.6 is 0 Å². The summed E-state index contributed by atoms with van der Waals surface area (Å²) < 4.78 is 0. The van der Waals surface area contributed by atoms with Gasteiger partial charge in [0.2, 0.25) is 5.95 Å². The molecule has 0 amide bonds. The van der Waals surface area contributed by atoms with Crippen molar-refractivity contribution in [2.45, 2.75) is 0 Å². The van der Waals surface area contributed by atoms with Gasteiger partial charge >= 0.3 is 0 Å². The topological polar surface area (TPSA) is 78.5 Å². The van der Waals surface area contributed by atoms with Crippen LogP contribution in [0.4, 0.5) is 17.5 Å². The van der Waals surface area contributed by atoms with E-state index in [1.807, 2.05) is 37.4 Å². The molecule has 3 aromatic rings. The molecule has 0 fully saturated rings. The van der Waals surface area contributed by atoms with E-state index in [1.165, 1.54) is 0 Å². The largest absolute Gasteiger partial charge is 0.371 e. The Morgan fingerprint density at radius 1 is 1.11 bits per heavy atom. The number of hydrogen-bond donors (Lipinski definition) is 3. The third-order valence-electron chi connectivity index (χ3n) is 2.55. The number of aromatic nitrogens is 4. The van der Waals surface area contributed by atoms with E-state index in [2.05, 4.69) is 30.6 Å². The van der Waals surface area contributed by atoms with Gasteiger partial charge in [-0.05, 0) is 12.1 Å². The summed E-state index contributed by atoms with van der Waals surface area (Å²) in [5, 5.41) is 6.16. The molecule has 0 radical (unpaired) electrons. The maximum atomic E-state index is 4.38. The normalized spacial score (nSPS) is 10.5. The van der Waals surface area contributed by atoms with Crippen LogP contribution in [0.15, 0.2) is 36.7 Å². The molecule has 2 heterocycles. The number of nitrogens with one attached hydrogen (secondary N) is 3. The second-order valence-electron chi connectivity index (χ2n) is 3.74. The number of nitrogens with zero attached hydrogens (tertiary/aromatic N) is 3. The maximum Gasteiger partial charge on any atom is 0.231 e. The van der Waals surface area contributed by atoms with Gasteiger partial charge in [-0.3, -0.25) is 0 Å². The number of rotatable bonds is 3. The molecule has 0 saturated heterocycles. The summed E-state index contributed by atoms with van der Waals surface area (Å²) in [6.07, 6.45) is 1.60. The van der Waals surface area contributed by atoms with Gasteiger partial charge in [-0.1, -0.05) is 18.2 Å². The summed E-state index contributed by atoms with van der Waals surface area (Å²) in [5.74, 6) is 1.24. The lowest BCUT2D eigenvalue weighted by Crippen LogP contribution is -2.01. The molecule has 0 aliphatic heterocycles. The number of H-pyrrole nitrogens is 1. The van der Waals surface area contributed by atoms with Gasteiger partial charge in [0.1, 0.15) is 5.52 Å². The van der Waals surface area contributed by atoms with Crippen LogP contribution in [-0.4, -0.2) is 27.0 Å². The SMILES string of the molecule is CNc1nc(Nc2ccccc2)nc2nc[nH]c12. The van der Waals surface area contributed by atoms with E-state index in [0.717, 1.165) is 17.0 Å². The first-order valence-corrected chi connectivity index (χ1v) is 5.58. The lowest BCUT2D eigenvalue weighted by Gasteiger charge is -2.06. The number of anilines is 3. The fourth-order valence-corrected chi connectivity index (χ4v) is 1.72. The Kier molecular flexibility index (Phi) is 2.53. The van der Waals surface area contributed by atoms with Crippen LogP contribution in [0.1, 0.15) is 0 Å². The van der Waals surface area contributed by atoms with Gasteiger partial charge < -0.3 is 15.6 Å². The minimum Gasteiger partial charge on any atom is -0.371 e. The van der Waals surface area contributed by atoms with Crippen LogP contribution < -0.4 is 10.6 Å². The molecule has 0 spiro atoms. The zero-order valence-electron chi connectivity index (χ0n) is 9.81. The van der Waals surface area contributed by atoms with E-state index in [1.54, 1.807) is 6.33 Å². The van der Waals surface area contributed by atoms with Gasteiger partial charge in [-0.25, -0.2) is 4.98 Å². The number of hydrogen-bond acceptors (Lipinski definition) is 5. The van der Waals surface area contributed by atoms with Crippen LogP contribution in [-0.2, 0) is 0 Å². The third kappa shape index (κ3) is 1.84. The number of aromatic amines is 1. The third-order valence-corrected chi connectivity index (χ3v) is 2.55. The molecular formula is C12H12N6. The Hall–Kier alpha value is -2.63. The Morgan fingerprint density at radius 2 is 1.94 bits per heavy atom. The summed E-state index contributed by atoms with van der Waals surface area (Å²) in [4.78, 5) is 15.9. The van der Waals surface area contributed by atoms with Crippen LogP contribution in [0.2, 0.25) is 0 Å². The number of fused-ring (bicyclic) bond motifs is 1. The van der Waals surface area contributed by atoms with Gasteiger partial charge in [0.25, 0.3) is 0 Å². The fraction of sp³-hybridized carbons (Fsp3) is 0.0833. The van der Waals surface area contributed by atoms with Crippen LogP contribution in [0, 0.1) is 0 Å². The smallest absolute Gasteiger partial charge is 0.231 e. The molecule has 3 N–H and O–H groups in total. The lowest BCUT2D eigenvalue weighted by molar-refractivity contribution is 1.19. The lowest BCUT2D eigenvalue weighted by atomic mass is 10.3. The summed E-state index contributed by atoms with van der Waals surface area (Å²) >= 11 is 0. The molecule has 3 rings (SSSR count). The van der Waals surface area contributed by atoms with Gasteiger partial charge in [0.05, 0.1) is 6.33 Å². The first kappa shape index (κ1) is 10.5. The summed E-state index contributed by atoms with van der Waals surface area (Å²) in [5.41, 5.74) is 2.37. The van der Waals surface area contributed by atoms with E-state index < -0.39 is 0 Å². The highest BCUT2D eigenvalue weighted by Crippen LogP contribution is 2.20. The second-order valence-corrected chi connectivity index (χ2v) is 3.74. The summed E-state index contributed by atoms with van der Waals surface area (Å²) in [6, 6.07) is 9.78. The number of para-hydroxylation sites is 1. The first-order valence-electron chi connectivity index (χ1n) is 5.58. The molecule has 6 heteroatoms. The quantitative estimate of drug-likeness (QED) is 0.653. The van der Waals surface area contributed by atoms with Gasteiger partial charge in [0, 0.05) is 12.7 Å². The Bertz CT molecular complexity index is 661. The van der Waals surface area contributed by atoms with Gasteiger partial charge in [0.15, 0.2) is 11.5 Å². The average molecular weight is 240 g/mol. The molecule has 18 heavy (non-hydrogen) atoms. The summed E-state index contributed by atoms with van der Waals surface area (Å²) in [6.45, 7) is 0. The van der Waals surface area contributed by atoms with Gasteiger partial charge in [-0.15, -0.1) is 0 Å². The minimum absolute atomic E-state index is 0.519. The van der Waals surface area contributed by atoms with E-state index in [-0.39, 0.29) is 0 Å². The highest BCUT2D eigenvalue weighted by atomic mass is 15.2. The monoisotopic (exact) mass is 240 g/mol. The van der Waals surface area contributed by atoms with E-state index in [9.17, 15) is 0 Å². The molecule has 0 aliphatic carbocycles. The van der Waals surface area contributed by atoms with Crippen molar-refractivity contribution in [3.63, 3.8) is 0 Å². The number of imidazole rings is 1. The molecule has 0 unspecified atom stereocenters. The Labute approximate surface area is 104 Å². The molecule has 0 bridgehead atoms. The highest BCUT2D eigenvalue weighted by molar-refractivity contribution is 5.83. The first-order chi connectivity index (χ1) is 8.86. The average Bonchev–Trinajstić information content (AvgIpc) is 2.87. The van der Waals surface area contributed by atoms with Crippen LogP contribution in [0.5, 0.6) is 0 Å².